The van der Waals surface area contributed by atoms with Gasteiger partial charge in [-0.25, -0.2) is 0 Å². The molecule has 160 valence electrons. The van der Waals surface area contributed by atoms with Crippen LogP contribution < -0.4 is 5.32 Å². The fourth-order valence-electron chi connectivity index (χ4n) is 4.01. The van der Waals surface area contributed by atoms with E-state index in [1.165, 1.54) is 95.5 Å². The highest BCUT2D eigenvalue weighted by Gasteiger charge is 2.17. The molecule has 1 aromatic rings. The number of nitrogens with one attached hydrogen (secondary N) is 1. The maximum atomic E-state index is 12.2. The van der Waals surface area contributed by atoms with Gasteiger partial charge < -0.3 is 5.32 Å². The number of carbonyl (C=O) groups excluding carboxylic acids is 1. The van der Waals surface area contributed by atoms with Crippen LogP contribution in [-0.2, 0) is 11.2 Å². The monoisotopic (exact) mass is 387 g/mol. The van der Waals surface area contributed by atoms with Gasteiger partial charge in [0.05, 0.1) is 0 Å². The predicted molar refractivity (Wildman–Crippen MR) is 123 cm³/mol. The minimum Gasteiger partial charge on any atom is -0.359 e. The zero-order chi connectivity index (χ0) is 20.3. The van der Waals surface area contributed by atoms with Crippen molar-refractivity contribution in [3.8, 4) is 0 Å². The van der Waals surface area contributed by atoms with E-state index in [0.717, 1.165) is 12.8 Å². The van der Waals surface area contributed by atoms with Crippen molar-refractivity contribution in [2.75, 3.05) is 7.05 Å². The minimum atomic E-state index is 0.115. The first kappa shape index (κ1) is 24.7. The van der Waals surface area contributed by atoms with Crippen molar-refractivity contribution in [1.29, 1.82) is 0 Å². The SMILES string of the molecule is CCCCCCCCCCCCCCCCC(Cc1ccccc1)C(=O)NC. The van der Waals surface area contributed by atoms with Crippen molar-refractivity contribution in [3.63, 3.8) is 0 Å². The Morgan fingerprint density at radius 2 is 1.21 bits per heavy atom. The average Bonchev–Trinajstić information content (AvgIpc) is 2.73. The molecule has 28 heavy (non-hydrogen) atoms. The van der Waals surface area contributed by atoms with E-state index in [2.05, 4.69) is 36.5 Å². The van der Waals surface area contributed by atoms with Gasteiger partial charge in [0, 0.05) is 13.0 Å². The molecule has 1 rings (SSSR count). The second-order valence-corrected chi connectivity index (χ2v) is 8.39. The van der Waals surface area contributed by atoms with E-state index in [-0.39, 0.29) is 11.8 Å². The number of hydrogen-bond donors (Lipinski definition) is 1. The molecule has 0 saturated carbocycles. The lowest BCUT2D eigenvalue weighted by Gasteiger charge is -2.15. The van der Waals surface area contributed by atoms with Crippen molar-refractivity contribution >= 4 is 5.91 Å². The van der Waals surface area contributed by atoms with E-state index in [4.69, 9.17) is 0 Å². The lowest BCUT2D eigenvalue weighted by molar-refractivity contribution is -0.124. The molecule has 1 aromatic carbocycles. The number of benzene rings is 1. The molecule has 0 bridgehead atoms. The Hall–Kier alpha value is -1.31. The van der Waals surface area contributed by atoms with Gasteiger partial charge in [-0.2, -0.15) is 0 Å². The maximum Gasteiger partial charge on any atom is 0.223 e. The molecule has 0 aliphatic heterocycles. The molecule has 0 heterocycles. The van der Waals surface area contributed by atoms with Crippen molar-refractivity contribution in [2.45, 2.75) is 110 Å². The summed E-state index contributed by atoms with van der Waals surface area (Å²) in [6.07, 6.45) is 21.1. The van der Waals surface area contributed by atoms with Gasteiger partial charge in [0.2, 0.25) is 5.91 Å². The van der Waals surface area contributed by atoms with Crippen LogP contribution in [0.2, 0.25) is 0 Å². The normalized spacial score (nSPS) is 12.1. The summed E-state index contributed by atoms with van der Waals surface area (Å²) in [5.41, 5.74) is 1.27. The second-order valence-electron chi connectivity index (χ2n) is 8.39. The Bertz CT molecular complexity index is 471. The topological polar surface area (TPSA) is 29.1 Å². The first-order valence-corrected chi connectivity index (χ1v) is 12.0. The molecule has 1 unspecified atom stereocenters. The van der Waals surface area contributed by atoms with Gasteiger partial charge in [0.1, 0.15) is 0 Å². The molecule has 2 heteroatoms. The molecule has 1 N–H and O–H groups in total. The first-order valence-electron chi connectivity index (χ1n) is 12.0. The number of hydrogen-bond acceptors (Lipinski definition) is 1. The summed E-state index contributed by atoms with van der Waals surface area (Å²) in [4.78, 5) is 12.2. The molecule has 1 atom stereocenters. The van der Waals surface area contributed by atoms with Gasteiger partial charge in [0.25, 0.3) is 0 Å². The smallest absolute Gasteiger partial charge is 0.223 e. The molecule has 0 aromatic heterocycles. The first-order chi connectivity index (χ1) is 13.8. The Labute approximate surface area is 174 Å². The quantitative estimate of drug-likeness (QED) is 0.260. The summed E-state index contributed by atoms with van der Waals surface area (Å²) in [6.45, 7) is 2.28. The standard InChI is InChI=1S/C26H45NO/c1-3-4-5-6-7-8-9-10-11-12-13-14-15-19-22-25(26(28)27-2)23-24-20-17-16-18-21-24/h16-18,20-21,25H,3-15,19,22-23H2,1-2H3,(H,27,28). The average molecular weight is 388 g/mol. The fourth-order valence-corrected chi connectivity index (χ4v) is 4.01. The van der Waals surface area contributed by atoms with Crippen LogP contribution in [0.1, 0.15) is 109 Å². The van der Waals surface area contributed by atoms with Crippen molar-refractivity contribution in [1.82, 2.24) is 5.32 Å². The van der Waals surface area contributed by atoms with Crippen molar-refractivity contribution < 1.29 is 4.79 Å². The van der Waals surface area contributed by atoms with Crippen LogP contribution in [0.3, 0.4) is 0 Å². The van der Waals surface area contributed by atoms with Crippen LogP contribution >= 0.6 is 0 Å². The molecule has 1 amide bonds. The van der Waals surface area contributed by atoms with Crippen LogP contribution in [-0.4, -0.2) is 13.0 Å². The molecular formula is C26H45NO. The molecule has 0 aliphatic carbocycles. The number of amides is 1. The van der Waals surface area contributed by atoms with E-state index in [1.807, 2.05) is 6.07 Å². The summed E-state index contributed by atoms with van der Waals surface area (Å²) in [7, 11) is 1.76. The molecule has 0 spiro atoms. The molecule has 0 radical (unpaired) electrons. The highest BCUT2D eigenvalue weighted by Crippen LogP contribution is 2.18. The van der Waals surface area contributed by atoms with Crippen LogP contribution in [0.4, 0.5) is 0 Å². The highest BCUT2D eigenvalue weighted by atomic mass is 16.1. The van der Waals surface area contributed by atoms with E-state index in [1.54, 1.807) is 7.05 Å². The Morgan fingerprint density at radius 1 is 0.750 bits per heavy atom. The number of carbonyl (C=O) groups is 1. The fraction of sp³-hybridized carbons (Fsp3) is 0.731. The van der Waals surface area contributed by atoms with Gasteiger partial charge in [-0.15, -0.1) is 0 Å². The van der Waals surface area contributed by atoms with E-state index >= 15 is 0 Å². The van der Waals surface area contributed by atoms with Crippen molar-refractivity contribution in [2.24, 2.45) is 5.92 Å². The second kappa shape index (κ2) is 17.8. The zero-order valence-electron chi connectivity index (χ0n) is 18.7. The van der Waals surface area contributed by atoms with Crippen LogP contribution in [0, 0.1) is 5.92 Å². The Balaban J connectivity index is 1.99. The van der Waals surface area contributed by atoms with Crippen LogP contribution in [0.25, 0.3) is 0 Å². The van der Waals surface area contributed by atoms with E-state index < -0.39 is 0 Å². The van der Waals surface area contributed by atoms with E-state index in [0.29, 0.717) is 0 Å². The third-order valence-electron chi connectivity index (χ3n) is 5.85. The van der Waals surface area contributed by atoms with Gasteiger partial charge in [0.15, 0.2) is 0 Å². The lowest BCUT2D eigenvalue weighted by atomic mass is 9.92. The Morgan fingerprint density at radius 3 is 1.68 bits per heavy atom. The van der Waals surface area contributed by atoms with Crippen LogP contribution in [0.15, 0.2) is 30.3 Å². The van der Waals surface area contributed by atoms with Gasteiger partial charge in [-0.05, 0) is 18.4 Å². The largest absolute Gasteiger partial charge is 0.359 e. The third-order valence-corrected chi connectivity index (χ3v) is 5.85. The molecular weight excluding hydrogens is 342 g/mol. The summed E-state index contributed by atoms with van der Waals surface area (Å²) in [5, 5.41) is 2.85. The summed E-state index contributed by atoms with van der Waals surface area (Å²) >= 11 is 0. The van der Waals surface area contributed by atoms with E-state index in [9.17, 15) is 4.79 Å². The molecule has 2 nitrogen and oxygen atoms in total. The van der Waals surface area contributed by atoms with Crippen LogP contribution in [0.5, 0.6) is 0 Å². The highest BCUT2D eigenvalue weighted by molar-refractivity contribution is 5.78. The molecule has 0 fully saturated rings. The number of unbranched alkanes of at least 4 members (excludes halogenated alkanes) is 13. The van der Waals surface area contributed by atoms with Gasteiger partial charge >= 0.3 is 0 Å². The molecule has 0 aliphatic rings. The maximum absolute atomic E-state index is 12.2. The summed E-state index contributed by atoms with van der Waals surface area (Å²) in [5.74, 6) is 0.309. The van der Waals surface area contributed by atoms with Gasteiger partial charge in [-0.3, -0.25) is 4.79 Å². The van der Waals surface area contributed by atoms with Crippen molar-refractivity contribution in [3.05, 3.63) is 35.9 Å². The Kier molecular flexibility index (Phi) is 15.7. The number of rotatable bonds is 18. The molecule has 0 saturated heterocycles. The zero-order valence-corrected chi connectivity index (χ0v) is 18.7. The third kappa shape index (κ3) is 13.0. The lowest BCUT2D eigenvalue weighted by Crippen LogP contribution is -2.28. The predicted octanol–water partition coefficient (Wildman–Crippen LogP) is 7.46. The summed E-state index contributed by atoms with van der Waals surface area (Å²) < 4.78 is 0. The minimum absolute atomic E-state index is 0.115. The van der Waals surface area contributed by atoms with Gasteiger partial charge in [-0.1, -0.05) is 127 Å². The summed E-state index contributed by atoms with van der Waals surface area (Å²) in [6, 6.07) is 10.4.